The van der Waals surface area contributed by atoms with E-state index in [0.717, 1.165) is 5.56 Å². The summed E-state index contributed by atoms with van der Waals surface area (Å²) in [5.74, 6) is -0.795. The highest BCUT2D eigenvalue weighted by atomic mass is 16.5. The summed E-state index contributed by atoms with van der Waals surface area (Å²) in [4.78, 5) is 23.5. The summed E-state index contributed by atoms with van der Waals surface area (Å²) >= 11 is 0. The fourth-order valence-corrected chi connectivity index (χ4v) is 1.96. The van der Waals surface area contributed by atoms with Crippen LogP contribution in [0.2, 0.25) is 0 Å². The number of hydrazone groups is 1. The molecule has 1 aromatic rings. The third-order valence-corrected chi connectivity index (χ3v) is 3.01. The van der Waals surface area contributed by atoms with Gasteiger partial charge < -0.3 is 4.74 Å². The molecule has 19 heavy (non-hydrogen) atoms. The average molecular weight is 260 g/mol. The highest BCUT2D eigenvalue weighted by Gasteiger charge is 2.31. The fourth-order valence-electron chi connectivity index (χ4n) is 1.96. The van der Waals surface area contributed by atoms with Gasteiger partial charge in [-0.2, -0.15) is 5.10 Å². The summed E-state index contributed by atoms with van der Waals surface area (Å²) in [6.45, 7) is 3.83. The summed E-state index contributed by atoms with van der Waals surface area (Å²) in [7, 11) is 1.34. The maximum Gasteiger partial charge on any atom is 0.337 e. The number of amides is 1. The van der Waals surface area contributed by atoms with Crippen LogP contribution in [0.15, 0.2) is 29.4 Å². The molecule has 1 aliphatic rings. The maximum atomic E-state index is 12.1. The number of nitrogens with zero attached hydrogens (tertiary/aromatic N) is 2. The van der Waals surface area contributed by atoms with Crippen molar-refractivity contribution in [1.29, 1.82) is 0 Å². The Labute approximate surface area is 111 Å². The Balaban J connectivity index is 2.18. The summed E-state index contributed by atoms with van der Waals surface area (Å²) < 4.78 is 4.63. The van der Waals surface area contributed by atoms with Crippen molar-refractivity contribution in [1.82, 2.24) is 5.01 Å². The van der Waals surface area contributed by atoms with E-state index in [2.05, 4.69) is 9.84 Å². The van der Waals surface area contributed by atoms with Crippen LogP contribution in [0, 0.1) is 0 Å². The Morgan fingerprint density at radius 2 is 1.95 bits per heavy atom. The average Bonchev–Trinajstić information content (AvgIpc) is 2.80. The number of rotatable bonds is 3. The Kier molecular flexibility index (Phi) is 3.64. The lowest BCUT2D eigenvalue weighted by atomic mass is 9.98. The molecule has 2 rings (SSSR count). The van der Waals surface area contributed by atoms with Gasteiger partial charge in [0, 0.05) is 12.3 Å². The van der Waals surface area contributed by atoms with Crippen LogP contribution in [0.4, 0.5) is 0 Å². The standard InChI is InChI=1S/C14H16N2O3/c1-9(2)16-13(17)12(8-15-16)10-4-6-11(7-5-10)14(18)19-3/h4-9,12H,1-3H3/t12-/m1/s1. The van der Waals surface area contributed by atoms with Gasteiger partial charge in [0.1, 0.15) is 5.92 Å². The van der Waals surface area contributed by atoms with Gasteiger partial charge in [-0.25, -0.2) is 9.80 Å². The predicted molar refractivity (Wildman–Crippen MR) is 71.0 cm³/mol. The number of carbonyl (C=O) groups is 2. The highest BCUT2D eigenvalue weighted by molar-refractivity contribution is 6.03. The molecule has 0 spiro atoms. The second kappa shape index (κ2) is 5.22. The van der Waals surface area contributed by atoms with Gasteiger partial charge in [0.05, 0.1) is 12.7 Å². The van der Waals surface area contributed by atoms with Crippen LogP contribution in [0.1, 0.15) is 35.7 Å². The third-order valence-electron chi connectivity index (χ3n) is 3.01. The minimum absolute atomic E-state index is 0.0409. The van der Waals surface area contributed by atoms with E-state index in [1.807, 2.05) is 13.8 Å². The van der Waals surface area contributed by atoms with E-state index in [4.69, 9.17) is 0 Å². The molecule has 5 nitrogen and oxygen atoms in total. The van der Waals surface area contributed by atoms with E-state index < -0.39 is 0 Å². The maximum absolute atomic E-state index is 12.1. The van der Waals surface area contributed by atoms with Crippen molar-refractivity contribution < 1.29 is 14.3 Å². The van der Waals surface area contributed by atoms with Gasteiger partial charge in [-0.05, 0) is 31.5 Å². The van der Waals surface area contributed by atoms with Gasteiger partial charge in [0.15, 0.2) is 0 Å². The van der Waals surface area contributed by atoms with Crippen molar-refractivity contribution in [2.45, 2.75) is 25.8 Å². The molecule has 0 aliphatic carbocycles. The van der Waals surface area contributed by atoms with Crippen LogP contribution in [0.25, 0.3) is 0 Å². The Bertz CT molecular complexity index is 520. The van der Waals surface area contributed by atoms with Crippen molar-refractivity contribution in [2.75, 3.05) is 7.11 Å². The van der Waals surface area contributed by atoms with Gasteiger partial charge in [-0.3, -0.25) is 4.79 Å². The van der Waals surface area contributed by atoms with Crippen molar-refractivity contribution in [3.05, 3.63) is 35.4 Å². The minimum Gasteiger partial charge on any atom is -0.465 e. The van der Waals surface area contributed by atoms with Gasteiger partial charge in [0.25, 0.3) is 5.91 Å². The van der Waals surface area contributed by atoms with Crippen LogP contribution >= 0.6 is 0 Å². The van der Waals surface area contributed by atoms with Gasteiger partial charge in [0.2, 0.25) is 0 Å². The van der Waals surface area contributed by atoms with E-state index in [0.29, 0.717) is 5.56 Å². The van der Waals surface area contributed by atoms with E-state index in [-0.39, 0.29) is 23.8 Å². The van der Waals surface area contributed by atoms with Crippen LogP contribution in [-0.4, -0.2) is 36.3 Å². The minimum atomic E-state index is -0.387. The van der Waals surface area contributed by atoms with Crippen LogP contribution < -0.4 is 0 Å². The topological polar surface area (TPSA) is 59.0 Å². The number of carbonyl (C=O) groups excluding carboxylic acids is 2. The Hall–Kier alpha value is -2.17. The van der Waals surface area contributed by atoms with Crippen LogP contribution in [0.3, 0.4) is 0 Å². The van der Waals surface area contributed by atoms with Crippen molar-refractivity contribution in [2.24, 2.45) is 5.10 Å². The highest BCUT2D eigenvalue weighted by Crippen LogP contribution is 2.23. The summed E-state index contributed by atoms with van der Waals surface area (Å²) in [5, 5.41) is 5.59. The first kappa shape index (κ1) is 13.3. The van der Waals surface area contributed by atoms with Crippen molar-refractivity contribution >= 4 is 18.1 Å². The van der Waals surface area contributed by atoms with E-state index in [1.165, 1.54) is 12.1 Å². The van der Waals surface area contributed by atoms with Crippen LogP contribution in [0.5, 0.6) is 0 Å². The predicted octanol–water partition coefficient (Wildman–Crippen LogP) is 1.79. The molecule has 0 N–H and O–H groups in total. The lowest BCUT2D eigenvalue weighted by Gasteiger charge is -2.18. The molecule has 0 unspecified atom stereocenters. The zero-order chi connectivity index (χ0) is 14.0. The first-order valence-electron chi connectivity index (χ1n) is 6.10. The van der Waals surface area contributed by atoms with Gasteiger partial charge >= 0.3 is 5.97 Å². The lowest BCUT2D eigenvalue weighted by molar-refractivity contribution is -0.131. The molecule has 1 atom stereocenters. The number of hydrogen-bond donors (Lipinski definition) is 0. The Morgan fingerprint density at radius 3 is 2.42 bits per heavy atom. The quantitative estimate of drug-likeness (QED) is 0.778. The molecule has 0 bridgehead atoms. The number of ether oxygens (including phenoxy) is 1. The SMILES string of the molecule is COC(=O)c1ccc([C@H]2C=NN(C(C)C)C2=O)cc1. The fraction of sp³-hybridized carbons (Fsp3) is 0.357. The normalized spacial score (nSPS) is 18.2. The lowest BCUT2D eigenvalue weighted by Crippen LogP contribution is -2.31. The first-order valence-corrected chi connectivity index (χ1v) is 6.10. The van der Waals surface area contributed by atoms with Crippen LogP contribution in [-0.2, 0) is 9.53 Å². The molecule has 1 amide bonds. The zero-order valence-corrected chi connectivity index (χ0v) is 11.2. The van der Waals surface area contributed by atoms with Gasteiger partial charge in [-0.1, -0.05) is 12.1 Å². The zero-order valence-electron chi connectivity index (χ0n) is 11.2. The number of methoxy groups -OCH3 is 1. The molecule has 100 valence electrons. The molecule has 0 aromatic heterocycles. The molecule has 0 saturated carbocycles. The molecule has 1 aromatic carbocycles. The summed E-state index contributed by atoms with van der Waals surface area (Å²) in [6, 6.07) is 6.86. The third kappa shape index (κ3) is 2.50. The molecule has 1 aliphatic heterocycles. The van der Waals surface area contributed by atoms with Gasteiger partial charge in [-0.15, -0.1) is 0 Å². The molecule has 0 saturated heterocycles. The first-order chi connectivity index (χ1) is 9.04. The van der Waals surface area contributed by atoms with E-state index >= 15 is 0 Å². The van der Waals surface area contributed by atoms with E-state index in [1.54, 1.807) is 30.5 Å². The number of esters is 1. The second-order valence-electron chi connectivity index (χ2n) is 4.63. The molecular formula is C14H16N2O3. The van der Waals surface area contributed by atoms with Crippen molar-refractivity contribution in [3.8, 4) is 0 Å². The molecule has 0 fully saturated rings. The summed E-state index contributed by atoms with van der Waals surface area (Å²) in [6.07, 6.45) is 1.63. The summed E-state index contributed by atoms with van der Waals surface area (Å²) in [5.41, 5.74) is 1.29. The largest absolute Gasteiger partial charge is 0.465 e. The monoisotopic (exact) mass is 260 g/mol. The number of benzene rings is 1. The molecule has 5 heteroatoms. The molecular weight excluding hydrogens is 244 g/mol. The molecule has 1 heterocycles. The van der Waals surface area contributed by atoms with E-state index in [9.17, 15) is 9.59 Å². The van der Waals surface area contributed by atoms with Crippen molar-refractivity contribution in [3.63, 3.8) is 0 Å². The number of hydrogen-bond acceptors (Lipinski definition) is 4. The second-order valence-corrected chi connectivity index (χ2v) is 4.63. The Morgan fingerprint density at radius 1 is 1.32 bits per heavy atom. The molecule has 0 radical (unpaired) electrons. The smallest absolute Gasteiger partial charge is 0.337 e.